The van der Waals surface area contributed by atoms with E-state index in [1.807, 2.05) is 0 Å². The molecule has 1 unspecified atom stereocenters. The number of rotatable bonds is 4. The normalized spacial score (nSPS) is 13.8. The fourth-order valence-electron chi connectivity index (χ4n) is 1.35. The standard InChI is InChI=1S/C11H14NO4P/c1-8(13)9-4-6-10(7-5-9)17(15,16-3)11(14)12-2/h4-7H,1-3H3,(H,12,14). The van der Waals surface area contributed by atoms with Gasteiger partial charge in [0.15, 0.2) is 5.78 Å². The molecule has 0 spiro atoms. The van der Waals surface area contributed by atoms with E-state index in [9.17, 15) is 14.2 Å². The topological polar surface area (TPSA) is 72.5 Å². The monoisotopic (exact) mass is 255 g/mol. The van der Waals surface area contributed by atoms with Gasteiger partial charge in [-0.1, -0.05) is 12.1 Å². The first-order chi connectivity index (χ1) is 7.95. The van der Waals surface area contributed by atoms with Gasteiger partial charge in [0.25, 0.3) is 0 Å². The Kier molecular flexibility index (Phi) is 4.21. The first-order valence-corrected chi connectivity index (χ1v) is 6.57. The predicted octanol–water partition coefficient (Wildman–Crippen LogP) is 1.78. The number of hydrogen-bond acceptors (Lipinski definition) is 4. The second-order valence-electron chi connectivity index (χ2n) is 3.39. The van der Waals surface area contributed by atoms with Gasteiger partial charge in [0.05, 0.1) is 0 Å². The smallest absolute Gasteiger partial charge is 0.316 e. The molecule has 0 aliphatic heterocycles. The molecular formula is C11H14NO4P. The molecule has 17 heavy (non-hydrogen) atoms. The number of benzene rings is 1. The Hall–Kier alpha value is -1.45. The van der Waals surface area contributed by atoms with Gasteiger partial charge in [-0.25, -0.2) is 0 Å². The molecule has 0 aromatic heterocycles. The van der Waals surface area contributed by atoms with Gasteiger partial charge in [0.2, 0.25) is 0 Å². The van der Waals surface area contributed by atoms with Gasteiger partial charge in [0.1, 0.15) is 0 Å². The van der Waals surface area contributed by atoms with Crippen LogP contribution in [0.2, 0.25) is 0 Å². The predicted molar refractivity (Wildman–Crippen MR) is 65.2 cm³/mol. The van der Waals surface area contributed by atoms with Crippen molar-refractivity contribution in [2.45, 2.75) is 6.92 Å². The zero-order valence-corrected chi connectivity index (χ0v) is 10.8. The van der Waals surface area contributed by atoms with Gasteiger partial charge in [0, 0.05) is 25.0 Å². The van der Waals surface area contributed by atoms with Crippen molar-refractivity contribution < 1.29 is 18.7 Å². The van der Waals surface area contributed by atoms with Gasteiger partial charge in [-0.05, 0) is 19.1 Å². The van der Waals surface area contributed by atoms with Gasteiger partial charge < -0.3 is 9.84 Å². The summed E-state index contributed by atoms with van der Waals surface area (Å²) in [5.74, 6) is -0.0938. The summed E-state index contributed by atoms with van der Waals surface area (Å²) < 4.78 is 17.1. The lowest BCUT2D eigenvalue weighted by molar-refractivity contribution is 0.101. The van der Waals surface area contributed by atoms with E-state index in [-0.39, 0.29) is 11.1 Å². The Morgan fingerprint density at radius 3 is 2.12 bits per heavy atom. The molecule has 1 rings (SSSR count). The third-order valence-corrected chi connectivity index (χ3v) is 4.60. The Bertz CT molecular complexity index is 481. The zero-order valence-electron chi connectivity index (χ0n) is 9.89. The lowest BCUT2D eigenvalue weighted by atomic mass is 10.2. The van der Waals surface area contributed by atoms with E-state index < -0.39 is 13.0 Å². The van der Waals surface area contributed by atoms with Gasteiger partial charge in [-0.3, -0.25) is 14.2 Å². The second-order valence-corrected chi connectivity index (χ2v) is 5.78. The highest BCUT2D eigenvalue weighted by molar-refractivity contribution is 7.82. The minimum absolute atomic E-state index is 0.0938. The molecule has 1 amide bonds. The fourth-order valence-corrected chi connectivity index (χ4v) is 2.79. The average molecular weight is 255 g/mol. The van der Waals surface area contributed by atoms with Crippen LogP contribution in [-0.4, -0.2) is 25.6 Å². The third-order valence-electron chi connectivity index (χ3n) is 2.35. The van der Waals surface area contributed by atoms with Crippen LogP contribution in [0.1, 0.15) is 17.3 Å². The van der Waals surface area contributed by atoms with Crippen LogP contribution in [0.3, 0.4) is 0 Å². The molecule has 0 radical (unpaired) electrons. The average Bonchev–Trinajstić information content (AvgIpc) is 2.36. The van der Waals surface area contributed by atoms with Crippen LogP contribution in [0.4, 0.5) is 4.79 Å². The number of Topliss-reactive ketones (excluding diaryl/α,β-unsaturated/α-hetero) is 1. The van der Waals surface area contributed by atoms with Crippen molar-refractivity contribution in [2.24, 2.45) is 0 Å². The van der Waals surface area contributed by atoms with Crippen LogP contribution in [0, 0.1) is 0 Å². The number of carbonyl (C=O) groups excluding carboxylic acids is 2. The summed E-state index contributed by atoms with van der Waals surface area (Å²) in [6, 6.07) is 5.98. The van der Waals surface area contributed by atoms with Crippen LogP contribution in [-0.2, 0) is 9.09 Å². The number of carbonyl (C=O) groups is 2. The second kappa shape index (κ2) is 5.25. The quantitative estimate of drug-likeness (QED) is 0.657. The Balaban J connectivity index is 3.18. The molecule has 0 saturated carbocycles. The number of nitrogens with one attached hydrogen (secondary N) is 1. The van der Waals surface area contributed by atoms with Gasteiger partial charge in [-0.15, -0.1) is 0 Å². The van der Waals surface area contributed by atoms with Crippen molar-refractivity contribution in [1.29, 1.82) is 0 Å². The summed E-state index contributed by atoms with van der Waals surface area (Å²) in [5.41, 5.74) is -0.177. The molecule has 1 aromatic carbocycles. The highest BCUT2D eigenvalue weighted by Crippen LogP contribution is 2.45. The van der Waals surface area contributed by atoms with E-state index in [1.165, 1.54) is 45.3 Å². The van der Waals surface area contributed by atoms with Crippen LogP contribution < -0.4 is 10.6 Å². The molecule has 92 valence electrons. The lowest BCUT2D eigenvalue weighted by Gasteiger charge is -2.14. The van der Waals surface area contributed by atoms with Crippen molar-refractivity contribution in [3.63, 3.8) is 0 Å². The molecule has 5 nitrogen and oxygen atoms in total. The number of ketones is 1. The Morgan fingerprint density at radius 2 is 1.76 bits per heavy atom. The first kappa shape index (κ1) is 13.6. The summed E-state index contributed by atoms with van der Waals surface area (Å²) in [6.45, 7) is 1.43. The maximum atomic E-state index is 12.3. The van der Waals surface area contributed by atoms with Crippen molar-refractivity contribution in [3.8, 4) is 0 Å². The summed E-state index contributed by atoms with van der Waals surface area (Å²) in [5, 5.41) is 2.57. The molecule has 0 saturated heterocycles. The van der Waals surface area contributed by atoms with Gasteiger partial charge >= 0.3 is 13.0 Å². The Morgan fingerprint density at radius 1 is 1.24 bits per heavy atom. The van der Waals surface area contributed by atoms with Crippen molar-refractivity contribution in [3.05, 3.63) is 29.8 Å². The molecule has 1 atom stereocenters. The fraction of sp³-hybridized carbons (Fsp3) is 0.273. The van der Waals surface area contributed by atoms with Crippen LogP contribution in [0.25, 0.3) is 0 Å². The molecule has 0 aliphatic rings. The van der Waals surface area contributed by atoms with E-state index in [2.05, 4.69) is 5.32 Å². The summed E-state index contributed by atoms with van der Waals surface area (Å²) >= 11 is 0. The largest absolute Gasteiger partial charge is 0.350 e. The van der Waals surface area contributed by atoms with Crippen molar-refractivity contribution in [2.75, 3.05) is 14.2 Å². The van der Waals surface area contributed by atoms with Crippen LogP contribution >= 0.6 is 7.37 Å². The maximum absolute atomic E-state index is 12.3. The first-order valence-electron chi connectivity index (χ1n) is 4.95. The van der Waals surface area contributed by atoms with E-state index in [0.717, 1.165) is 0 Å². The zero-order chi connectivity index (χ0) is 13.1. The molecule has 0 fully saturated rings. The Labute approximate surface area is 99.6 Å². The van der Waals surface area contributed by atoms with Crippen molar-refractivity contribution in [1.82, 2.24) is 5.32 Å². The summed E-state index contributed by atoms with van der Waals surface area (Å²) in [4.78, 5) is 22.6. The highest BCUT2D eigenvalue weighted by Gasteiger charge is 2.33. The van der Waals surface area contributed by atoms with Crippen molar-refractivity contribution >= 4 is 24.1 Å². The molecule has 1 aromatic rings. The minimum atomic E-state index is -3.56. The molecular weight excluding hydrogens is 241 g/mol. The minimum Gasteiger partial charge on any atom is -0.350 e. The molecule has 0 heterocycles. The van der Waals surface area contributed by atoms with E-state index in [0.29, 0.717) is 5.56 Å². The van der Waals surface area contributed by atoms with E-state index in [1.54, 1.807) is 0 Å². The number of hydrogen-bond donors (Lipinski definition) is 1. The molecule has 0 bridgehead atoms. The van der Waals surface area contributed by atoms with Gasteiger partial charge in [-0.2, -0.15) is 0 Å². The molecule has 6 heteroatoms. The van der Waals surface area contributed by atoms with E-state index >= 15 is 0 Å². The molecule has 1 N–H and O–H groups in total. The highest BCUT2D eigenvalue weighted by atomic mass is 31.2. The van der Waals surface area contributed by atoms with Crippen LogP contribution in [0.15, 0.2) is 24.3 Å². The maximum Gasteiger partial charge on any atom is 0.316 e. The van der Waals surface area contributed by atoms with Crippen LogP contribution in [0.5, 0.6) is 0 Å². The SMILES string of the molecule is CNC(=O)P(=O)(OC)c1ccc(C(C)=O)cc1. The lowest BCUT2D eigenvalue weighted by Crippen LogP contribution is -2.23. The number of amides is 1. The van der Waals surface area contributed by atoms with E-state index in [4.69, 9.17) is 4.52 Å². The summed E-state index contributed by atoms with van der Waals surface area (Å²) in [7, 11) is -0.951. The summed E-state index contributed by atoms with van der Waals surface area (Å²) in [6.07, 6.45) is 0. The molecule has 0 aliphatic carbocycles. The third kappa shape index (κ3) is 2.62.